The van der Waals surface area contributed by atoms with Gasteiger partial charge in [0.2, 0.25) is 0 Å². The number of nitrogens with zero attached hydrogens (tertiary/aromatic N) is 2. The molecular formula is C23H13N2O2S2-. The van der Waals surface area contributed by atoms with Crippen LogP contribution in [0.2, 0.25) is 0 Å². The number of pyridine rings is 1. The fourth-order valence-electron chi connectivity index (χ4n) is 3.20. The molecule has 140 valence electrons. The lowest BCUT2D eigenvalue weighted by Gasteiger charge is -2.11. The smallest absolute Gasteiger partial charge is 0.125 e. The van der Waals surface area contributed by atoms with Gasteiger partial charge in [-0.1, -0.05) is 60.3 Å². The minimum atomic E-state index is -1.19. The van der Waals surface area contributed by atoms with Crippen LogP contribution in [0, 0.1) is 0 Å². The zero-order valence-electron chi connectivity index (χ0n) is 15.0. The minimum absolute atomic E-state index is 0.161. The number of thiazole rings is 1. The summed E-state index contributed by atoms with van der Waals surface area (Å²) in [5, 5.41) is 14.1. The van der Waals surface area contributed by atoms with Crippen LogP contribution in [0.5, 0.6) is 0 Å². The lowest BCUT2D eigenvalue weighted by molar-refractivity contribution is -0.255. The summed E-state index contributed by atoms with van der Waals surface area (Å²) in [6, 6.07) is 24.8. The highest BCUT2D eigenvalue weighted by molar-refractivity contribution is 7.99. The van der Waals surface area contributed by atoms with Crippen molar-refractivity contribution in [2.24, 2.45) is 0 Å². The fraction of sp³-hybridized carbons (Fsp3) is 0. The Bertz CT molecular complexity index is 1340. The number of carbonyl (C=O) groups excluding carboxylic acids is 1. The minimum Gasteiger partial charge on any atom is -0.545 e. The van der Waals surface area contributed by atoms with Gasteiger partial charge in [-0.3, -0.25) is 0 Å². The Labute approximate surface area is 174 Å². The lowest BCUT2D eigenvalue weighted by atomic mass is 10.1. The van der Waals surface area contributed by atoms with E-state index in [1.807, 2.05) is 54.6 Å². The molecule has 5 rings (SSSR count). The molecule has 2 heterocycles. The summed E-state index contributed by atoms with van der Waals surface area (Å²) >= 11 is 2.95. The topological polar surface area (TPSA) is 65.9 Å². The summed E-state index contributed by atoms with van der Waals surface area (Å²) in [5.74, 6) is -1.19. The second kappa shape index (κ2) is 7.31. The number of fused-ring (bicyclic) bond motifs is 2. The van der Waals surface area contributed by atoms with E-state index in [4.69, 9.17) is 9.97 Å². The summed E-state index contributed by atoms with van der Waals surface area (Å²) < 4.78 is 1.12. The Kier molecular flexibility index (Phi) is 4.50. The van der Waals surface area contributed by atoms with Crippen molar-refractivity contribution in [1.29, 1.82) is 0 Å². The zero-order valence-corrected chi connectivity index (χ0v) is 16.7. The highest BCUT2D eigenvalue weighted by Crippen LogP contribution is 2.38. The molecule has 6 heteroatoms. The first kappa shape index (κ1) is 17.8. The van der Waals surface area contributed by atoms with E-state index < -0.39 is 5.97 Å². The monoisotopic (exact) mass is 413 g/mol. The average molecular weight is 414 g/mol. The fourth-order valence-corrected chi connectivity index (χ4v) is 5.15. The number of aromatic carboxylic acids is 1. The number of benzene rings is 3. The number of hydrogen-bond acceptors (Lipinski definition) is 6. The Balaban J connectivity index is 1.68. The molecule has 0 aliphatic carbocycles. The molecule has 0 aliphatic rings. The first-order valence-electron chi connectivity index (χ1n) is 8.93. The molecule has 0 saturated carbocycles. The van der Waals surface area contributed by atoms with Crippen LogP contribution in [0.4, 0.5) is 0 Å². The molecule has 0 fully saturated rings. The van der Waals surface area contributed by atoms with Crippen molar-refractivity contribution < 1.29 is 9.90 Å². The number of carboxylic acid groups (broad SMARTS) is 1. The van der Waals surface area contributed by atoms with Crippen molar-refractivity contribution in [2.45, 2.75) is 9.92 Å². The van der Waals surface area contributed by atoms with E-state index in [1.54, 1.807) is 29.5 Å². The van der Waals surface area contributed by atoms with Gasteiger partial charge in [-0.2, -0.15) is 0 Å². The molecule has 0 bridgehead atoms. The molecule has 0 aliphatic heterocycles. The maximum Gasteiger partial charge on any atom is 0.125 e. The van der Waals surface area contributed by atoms with E-state index in [2.05, 4.69) is 6.07 Å². The van der Waals surface area contributed by atoms with Crippen LogP contribution >= 0.6 is 23.1 Å². The van der Waals surface area contributed by atoms with Gasteiger partial charge < -0.3 is 9.90 Å². The van der Waals surface area contributed by atoms with E-state index in [9.17, 15) is 9.90 Å². The summed E-state index contributed by atoms with van der Waals surface area (Å²) in [6.07, 6.45) is 0. The van der Waals surface area contributed by atoms with Gasteiger partial charge in [-0.25, -0.2) is 9.97 Å². The third kappa shape index (κ3) is 3.37. The molecule has 3 aromatic carbocycles. The van der Waals surface area contributed by atoms with Gasteiger partial charge in [-0.05, 0) is 30.3 Å². The SMILES string of the molecule is O=C([O-])c1ccccc1Sc1cc(-c2nc3ccccc3s2)c2ccccc2n1. The Morgan fingerprint density at radius 1 is 0.862 bits per heavy atom. The first-order valence-corrected chi connectivity index (χ1v) is 10.6. The van der Waals surface area contributed by atoms with Crippen molar-refractivity contribution in [1.82, 2.24) is 9.97 Å². The van der Waals surface area contributed by atoms with Crippen LogP contribution in [-0.2, 0) is 0 Å². The molecular weight excluding hydrogens is 400 g/mol. The summed E-state index contributed by atoms with van der Waals surface area (Å²) in [7, 11) is 0. The number of aromatic nitrogens is 2. The molecule has 0 unspecified atom stereocenters. The van der Waals surface area contributed by atoms with Gasteiger partial charge >= 0.3 is 0 Å². The maximum absolute atomic E-state index is 11.5. The predicted octanol–water partition coefficient (Wildman–Crippen LogP) is 5.03. The van der Waals surface area contributed by atoms with Crippen LogP contribution in [0.25, 0.3) is 31.7 Å². The van der Waals surface area contributed by atoms with E-state index in [-0.39, 0.29) is 5.56 Å². The summed E-state index contributed by atoms with van der Waals surface area (Å²) in [5.41, 5.74) is 2.96. The number of carboxylic acids is 1. The van der Waals surface area contributed by atoms with Gasteiger partial charge in [0.1, 0.15) is 10.0 Å². The highest BCUT2D eigenvalue weighted by Gasteiger charge is 2.14. The molecule has 29 heavy (non-hydrogen) atoms. The van der Waals surface area contributed by atoms with E-state index in [0.717, 1.165) is 31.7 Å². The predicted molar refractivity (Wildman–Crippen MR) is 115 cm³/mol. The average Bonchev–Trinajstić information content (AvgIpc) is 3.17. The second-order valence-electron chi connectivity index (χ2n) is 6.40. The lowest BCUT2D eigenvalue weighted by Crippen LogP contribution is -2.22. The van der Waals surface area contributed by atoms with Crippen LogP contribution in [0.3, 0.4) is 0 Å². The Morgan fingerprint density at radius 2 is 1.59 bits per heavy atom. The van der Waals surface area contributed by atoms with E-state index in [0.29, 0.717) is 9.92 Å². The number of carbonyl (C=O) groups is 1. The van der Waals surface area contributed by atoms with Crippen molar-refractivity contribution >= 4 is 50.2 Å². The van der Waals surface area contributed by atoms with E-state index >= 15 is 0 Å². The molecule has 0 amide bonds. The van der Waals surface area contributed by atoms with Gasteiger partial charge in [0, 0.05) is 21.4 Å². The molecule has 4 nitrogen and oxygen atoms in total. The quantitative estimate of drug-likeness (QED) is 0.414. The third-order valence-electron chi connectivity index (χ3n) is 4.54. The largest absolute Gasteiger partial charge is 0.545 e. The Morgan fingerprint density at radius 3 is 2.41 bits per heavy atom. The molecule has 2 aromatic heterocycles. The maximum atomic E-state index is 11.5. The number of rotatable bonds is 4. The van der Waals surface area contributed by atoms with Crippen LogP contribution < -0.4 is 5.11 Å². The summed E-state index contributed by atoms with van der Waals surface area (Å²) in [6.45, 7) is 0. The first-order chi connectivity index (χ1) is 14.2. The molecule has 5 aromatic rings. The van der Waals surface area contributed by atoms with Crippen molar-refractivity contribution in [3.63, 3.8) is 0 Å². The molecule has 0 saturated heterocycles. The molecule has 0 atom stereocenters. The van der Waals surface area contributed by atoms with Gasteiger partial charge in [0.25, 0.3) is 0 Å². The van der Waals surface area contributed by atoms with Crippen LogP contribution in [0.1, 0.15) is 10.4 Å². The van der Waals surface area contributed by atoms with Crippen LogP contribution in [-0.4, -0.2) is 15.9 Å². The zero-order chi connectivity index (χ0) is 19.8. The standard InChI is InChI=1S/C23H14N2O2S2/c26-23(27)15-8-2-5-11-19(15)28-21-13-16(14-7-1-3-9-17(14)24-21)22-25-18-10-4-6-12-20(18)29-22/h1-13H,(H,26,27)/p-1. The van der Waals surface area contributed by atoms with Crippen molar-refractivity contribution in [2.75, 3.05) is 0 Å². The van der Waals surface area contributed by atoms with Crippen LogP contribution in [0.15, 0.2) is 88.8 Å². The molecule has 0 N–H and O–H groups in total. The number of hydrogen-bond donors (Lipinski definition) is 0. The van der Waals surface area contributed by atoms with Crippen molar-refractivity contribution in [3.8, 4) is 10.6 Å². The third-order valence-corrected chi connectivity index (χ3v) is 6.60. The van der Waals surface area contributed by atoms with Crippen molar-refractivity contribution in [3.05, 3.63) is 84.4 Å². The van der Waals surface area contributed by atoms with E-state index in [1.165, 1.54) is 11.8 Å². The number of para-hydroxylation sites is 2. The van der Waals surface area contributed by atoms with Gasteiger partial charge in [0.15, 0.2) is 0 Å². The highest BCUT2D eigenvalue weighted by atomic mass is 32.2. The normalized spacial score (nSPS) is 11.2. The molecule has 0 spiro atoms. The summed E-state index contributed by atoms with van der Waals surface area (Å²) in [4.78, 5) is 21.6. The molecule has 0 radical (unpaired) electrons. The second-order valence-corrected chi connectivity index (χ2v) is 8.49. The Hall–Kier alpha value is -3.22. The van der Waals surface area contributed by atoms with Gasteiger partial charge in [0.05, 0.1) is 21.7 Å². The van der Waals surface area contributed by atoms with Gasteiger partial charge in [-0.15, -0.1) is 11.3 Å².